The van der Waals surface area contributed by atoms with Crippen LogP contribution in [0.15, 0.2) is 126 Å². The molecule has 0 N–H and O–H groups in total. The molecule has 0 atom stereocenters. The van der Waals surface area contributed by atoms with Gasteiger partial charge in [0.25, 0.3) is 0 Å². The molecule has 7 rings (SSSR count). The van der Waals surface area contributed by atoms with E-state index in [9.17, 15) is 0 Å². The topological polar surface area (TPSA) is 0 Å². The van der Waals surface area contributed by atoms with E-state index in [1.165, 1.54) is 70.9 Å². The van der Waals surface area contributed by atoms with Crippen LogP contribution in [-0.4, -0.2) is 0 Å². The molecule has 37 heavy (non-hydrogen) atoms. The first kappa shape index (κ1) is 22.3. The quantitative estimate of drug-likeness (QED) is 0.197. The second-order valence-corrected chi connectivity index (χ2v) is 10.6. The van der Waals surface area contributed by atoms with Crippen LogP contribution in [0.25, 0.3) is 65.3 Å². The highest BCUT2D eigenvalue weighted by Crippen LogP contribution is 2.47. The molecule has 0 aliphatic heterocycles. The van der Waals surface area contributed by atoms with Gasteiger partial charge in [-0.2, -0.15) is 0 Å². The predicted molar refractivity (Wildman–Crippen MR) is 164 cm³/mol. The predicted octanol–water partition coefficient (Wildman–Crippen LogP) is 11.0. The number of hydrogen-bond donors (Lipinski definition) is 0. The van der Waals surface area contributed by atoms with Crippen molar-refractivity contribution >= 4 is 59.0 Å². The standard InChI is InChI=1S/C36H25Br/c1-2-23-17-19-31-33(21-23)35(29-15-7-11-24-9-3-5-13-27(24)29)32-20-18-26(37)22-34(32)36(31)30-16-8-12-25-10-4-6-14-28(25)30/h3-22H,2H2,1H3. The minimum Gasteiger partial charge on any atom is -0.0616 e. The van der Waals surface area contributed by atoms with Gasteiger partial charge in [0.1, 0.15) is 0 Å². The maximum absolute atomic E-state index is 3.80. The molecule has 176 valence electrons. The molecule has 0 spiro atoms. The Morgan fingerprint density at radius 1 is 0.459 bits per heavy atom. The number of benzene rings is 7. The third kappa shape index (κ3) is 3.57. The van der Waals surface area contributed by atoms with Crippen molar-refractivity contribution in [2.24, 2.45) is 0 Å². The molecule has 0 nitrogen and oxygen atoms in total. The molecule has 0 aromatic heterocycles. The van der Waals surface area contributed by atoms with Gasteiger partial charge in [-0.05, 0) is 89.5 Å². The van der Waals surface area contributed by atoms with E-state index >= 15 is 0 Å². The largest absolute Gasteiger partial charge is 0.0616 e. The molecule has 0 unspecified atom stereocenters. The van der Waals surface area contributed by atoms with Crippen molar-refractivity contribution < 1.29 is 0 Å². The lowest BCUT2D eigenvalue weighted by atomic mass is 9.83. The highest BCUT2D eigenvalue weighted by atomic mass is 79.9. The zero-order valence-electron chi connectivity index (χ0n) is 20.6. The zero-order valence-corrected chi connectivity index (χ0v) is 22.2. The summed E-state index contributed by atoms with van der Waals surface area (Å²) in [4.78, 5) is 0. The summed E-state index contributed by atoms with van der Waals surface area (Å²) in [6.45, 7) is 2.24. The molecule has 0 fully saturated rings. The minimum atomic E-state index is 1.01. The van der Waals surface area contributed by atoms with Crippen LogP contribution < -0.4 is 0 Å². The van der Waals surface area contributed by atoms with E-state index in [0.717, 1.165) is 10.9 Å². The van der Waals surface area contributed by atoms with E-state index in [1.54, 1.807) is 0 Å². The molecule has 0 radical (unpaired) electrons. The minimum absolute atomic E-state index is 1.01. The van der Waals surface area contributed by atoms with Crippen LogP contribution in [0.5, 0.6) is 0 Å². The van der Waals surface area contributed by atoms with Crippen LogP contribution in [0.4, 0.5) is 0 Å². The highest BCUT2D eigenvalue weighted by molar-refractivity contribution is 9.10. The van der Waals surface area contributed by atoms with Gasteiger partial charge in [0.15, 0.2) is 0 Å². The summed E-state index contributed by atoms with van der Waals surface area (Å²) in [5.41, 5.74) is 6.53. The number of rotatable bonds is 3. The molecule has 7 aromatic carbocycles. The van der Waals surface area contributed by atoms with Gasteiger partial charge in [-0.15, -0.1) is 0 Å². The molecule has 0 saturated carbocycles. The third-order valence-electron chi connectivity index (χ3n) is 7.67. The number of hydrogen-bond acceptors (Lipinski definition) is 0. The van der Waals surface area contributed by atoms with E-state index in [4.69, 9.17) is 0 Å². The van der Waals surface area contributed by atoms with Crippen molar-refractivity contribution in [3.8, 4) is 22.3 Å². The summed E-state index contributed by atoms with van der Waals surface area (Å²) < 4.78 is 1.09. The van der Waals surface area contributed by atoms with Gasteiger partial charge >= 0.3 is 0 Å². The molecule has 1 heteroatoms. The second kappa shape index (κ2) is 8.87. The van der Waals surface area contributed by atoms with Gasteiger partial charge < -0.3 is 0 Å². The molecule has 0 amide bonds. The van der Waals surface area contributed by atoms with Crippen molar-refractivity contribution in [1.29, 1.82) is 0 Å². The Morgan fingerprint density at radius 3 is 1.57 bits per heavy atom. The Labute approximate surface area is 225 Å². The van der Waals surface area contributed by atoms with Crippen LogP contribution in [0.3, 0.4) is 0 Å². The van der Waals surface area contributed by atoms with E-state index in [2.05, 4.69) is 144 Å². The number of fused-ring (bicyclic) bond motifs is 4. The Bertz CT molecular complexity index is 1970. The van der Waals surface area contributed by atoms with Crippen molar-refractivity contribution in [2.75, 3.05) is 0 Å². The fourth-order valence-electron chi connectivity index (χ4n) is 5.93. The zero-order chi connectivity index (χ0) is 24.9. The summed E-state index contributed by atoms with van der Waals surface area (Å²) in [6.07, 6.45) is 1.01. The number of aryl methyl sites for hydroxylation is 1. The normalized spacial score (nSPS) is 11.6. The molecule has 7 aromatic rings. The van der Waals surface area contributed by atoms with Gasteiger partial charge in [-0.1, -0.05) is 132 Å². The van der Waals surface area contributed by atoms with Crippen molar-refractivity contribution in [1.82, 2.24) is 0 Å². The first-order valence-electron chi connectivity index (χ1n) is 12.9. The van der Waals surface area contributed by atoms with Crippen molar-refractivity contribution in [3.05, 3.63) is 131 Å². The molecule has 0 saturated heterocycles. The van der Waals surface area contributed by atoms with Gasteiger partial charge in [-0.25, -0.2) is 0 Å². The monoisotopic (exact) mass is 536 g/mol. The highest BCUT2D eigenvalue weighted by Gasteiger charge is 2.19. The maximum atomic E-state index is 3.80. The van der Waals surface area contributed by atoms with Crippen LogP contribution >= 0.6 is 15.9 Å². The first-order chi connectivity index (χ1) is 18.2. The average molecular weight is 538 g/mol. The molecule has 0 heterocycles. The van der Waals surface area contributed by atoms with E-state index < -0.39 is 0 Å². The summed E-state index contributed by atoms with van der Waals surface area (Å²) >= 11 is 3.80. The Hall–Kier alpha value is -3.94. The molecule has 0 aliphatic carbocycles. The van der Waals surface area contributed by atoms with Gasteiger partial charge in [0.05, 0.1) is 0 Å². The van der Waals surface area contributed by atoms with E-state index in [-0.39, 0.29) is 0 Å². The van der Waals surface area contributed by atoms with Crippen molar-refractivity contribution in [2.45, 2.75) is 13.3 Å². The fourth-order valence-corrected chi connectivity index (χ4v) is 6.30. The Kier molecular flexibility index (Phi) is 5.34. The summed E-state index contributed by atoms with van der Waals surface area (Å²) in [5.74, 6) is 0. The van der Waals surface area contributed by atoms with Gasteiger partial charge in [0, 0.05) is 4.47 Å². The SMILES string of the molecule is CCc1ccc2c(-c3cccc4ccccc34)c3cc(Br)ccc3c(-c3cccc4ccccc34)c2c1. The van der Waals surface area contributed by atoms with Crippen molar-refractivity contribution in [3.63, 3.8) is 0 Å². The molecule has 0 aliphatic rings. The summed E-state index contributed by atoms with van der Waals surface area (Å²) in [7, 11) is 0. The lowest BCUT2D eigenvalue weighted by Crippen LogP contribution is -1.94. The second-order valence-electron chi connectivity index (χ2n) is 9.73. The fraction of sp³-hybridized carbons (Fsp3) is 0.0556. The molecular weight excluding hydrogens is 512 g/mol. The Balaban J connectivity index is 1.73. The van der Waals surface area contributed by atoms with E-state index in [0.29, 0.717) is 0 Å². The van der Waals surface area contributed by atoms with Gasteiger partial charge in [-0.3, -0.25) is 0 Å². The first-order valence-corrected chi connectivity index (χ1v) is 13.7. The van der Waals surface area contributed by atoms with E-state index in [1.807, 2.05) is 0 Å². The lowest BCUT2D eigenvalue weighted by Gasteiger charge is -2.20. The average Bonchev–Trinajstić information content (AvgIpc) is 2.95. The maximum Gasteiger partial charge on any atom is 0.0181 e. The number of halogens is 1. The van der Waals surface area contributed by atoms with Gasteiger partial charge in [0.2, 0.25) is 0 Å². The summed E-state index contributed by atoms with van der Waals surface area (Å²) in [5, 5.41) is 10.3. The van der Waals surface area contributed by atoms with Crippen LogP contribution in [0.2, 0.25) is 0 Å². The van der Waals surface area contributed by atoms with Crippen LogP contribution in [0, 0.1) is 0 Å². The lowest BCUT2D eigenvalue weighted by molar-refractivity contribution is 1.15. The Morgan fingerprint density at radius 2 is 0.973 bits per heavy atom. The summed E-state index contributed by atoms with van der Waals surface area (Å²) in [6, 6.07) is 44.7. The van der Waals surface area contributed by atoms with Crippen LogP contribution in [-0.2, 0) is 6.42 Å². The molecule has 0 bridgehead atoms. The smallest absolute Gasteiger partial charge is 0.0181 e. The third-order valence-corrected chi connectivity index (χ3v) is 8.16. The van der Waals surface area contributed by atoms with Crippen LogP contribution in [0.1, 0.15) is 12.5 Å². The molecular formula is C36H25Br.